The van der Waals surface area contributed by atoms with Gasteiger partial charge in [-0.15, -0.1) is 24.0 Å². The maximum absolute atomic E-state index is 12.0. The van der Waals surface area contributed by atoms with Crippen LogP contribution in [0.15, 0.2) is 59.6 Å². The molecule has 7 nitrogen and oxygen atoms in total. The molecular weight excluding hydrogens is 507 g/mol. The van der Waals surface area contributed by atoms with E-state index in [2.05, 4.69) is 20.9 Å². The Morgan fingerprint density at radius 1 is 1.03 bits per heavy atom. The van der Waals surface area contributed by atoms with Crippen LogP contribution < -0.4 is 25.4 Å². The van der Waals surface area contributed by atoms with Gasteiger partial charge in [-0.2, -0.15) is 0 Å². The predicted octanol–water partition coefficient (Wildman–Crippen LogP) is 3.34. The van der Waals surface area contributed by atoms with E-state index in [1.807, 2.05) is 68.4 Å². The zero-order chi connectivity index (χ0) is 21.6. The van der Waals surface area contributed by atoms with Gasteiger partial charge in [-0.25, -0.2) is 4.99 Å². The summed E-state index contributed by atoms with van der Waals surface area (Å²) in [6, 6.07) is 17.4. The van der Waals surface area contributed by atoms with E-state index in [0.717, 1.165) is 23.6 Å². The molecule has 170 valence electrons. The second-order valence-electron chi connectivity index (χ2n) is 6.77. The topological polar surface area (TPSA) is 84.0 Å². The van der Waals surface area contributed by atoms with Gasteiger partial charge in [-0.1, -0.05) is 36.4 Å². The van der Waals surface area contributed by atoms with Crippen LogP contribution >= 0.6 is 24.0 Å². The smallest absolute Gasteiger partial charge is 0.222 e. The standard InChI is InChI=1S/C23H32N4O3.HI/c1-4-24-23(25-14-13-22(28)26-17-19-9-6-5-7-10-19)27-16-18(2)30-21-12-8-11-20(15-21)29-3;/h5-12,15,18H,4,13-14,16-17H2,1-3H3,(H,26,28)(H2,24,25,27);1H. The summed E-state index contributed by atoms with van der Waals surface area (Å²) >= 11 is 0. The Bertz CT molecular complexity index is 802. The molecule has 0 radical (unpaired) electrons. The minimum Gasteiger partial charge on any atom is -0.497 e. The molecular formula is C23H33IN4O3. The van der Waals surface area contributed by atoms with Crippen molar-refractivity contribution in [2.45, 2.75) is 32.9 Å². The zero-order valence-electron chi connectivity index (χ0n) is 18.4. The highest BCUT2D eigenvalue weighted by Crippen LogP contribution is 2.19. The van der Waals surface area contributed by atoms with Crippen LogP contribution in [0.5, 0.6) is 11.5 Å². The van der Waals surface area contributed by atoms with E-state index in [1.165, 1.54) is 0 Å². The number of carbonyl (C=O) groups is 1. The number of hydrogen-bond donors (Lipinski definition) is 3. The van der Waals surface area contributed by atoms with Crippen molar-refractivity contribution in [1.82, 2.24) is 16.0 Å². The summed E-state index contributed by atoms with van der Waals surface area (Å²) in [5.41, 5.74) is 1.08. The van der Waals surface area contributed by atoms with Crippen molar-refractivity contribution >= 4 is 35.8 Å². The molecule has 2 aromatic rings. The van der Waals surface area contributed by atoms with Crippen molar-refractivity contribution in [2.75, 3.05) is 26.7 Å². The fourth-order valence-electron chi connectivity index (χ4n) is 2.68. The number of methoxy groups -OCH3 is 1. The lowest BCUT2D eigenvalue weighted by atomic mass is 10.2. The van der Waals surface area contributed by atoms with Crippen LogP contribution in [0.4, 0.5) is 0 Å². The molecule has 2 rings (SSSR count). The van der Waals surface area contributed by atoms with Crippen molar-refractivity contribution in [2.24, 2.45) is 4.99 Å². The van der Waals surface area contributed by atoms with Gasteiger partial charge in [-0.05, 0) is 31.5 Å². The molecule has 0 saturated heterocycles. The van der Waals surface area contributed by atoms with Gasteiger partial charge in [0.15, 0.2) is 5.96 Å². The number of ether oxygens (including phenoxy) is 2. The molecule has 1 atom stereocenters. The van der Waals surface area contributed by atoms with Crippen molar-refractivity contribution in [3.63, 3.8) is 0 Å². The average molecular weight is 540 g/mol. The highest BCUT2D eigenvalue weighted by molar-refractivity contribution is 14.0. The van der Waals surface area contributed by atoms with Gasteiger partial charge in [-0.3, -0.25) is 4.79 Å². The van der Waals surface area contributed by atoms with Crippen LogP contribution in [0, 0.1) is 0 Å². The Morgan fingerprint density at radius 3 is 2.48 bits per heavy atom. The summed E-state index contributed by atoms with van der Waals surface area (Å²) in [4.78, 5) is 16.6. The molecule has 0 aromatic heterocycles. The highest BCUT2D eigenvalue weighted by atomic mass is 127. The number of carbonyl (C=O) groups excluding carboxylic acids is 1. The third-order valence-corrected chi connectivity index (χ3v) is 4.21. The summed E-state index contributed by atoms with van der Waals surface area (Å²) in [5.74, 6) is 2.15. The van der Waals surface area contributed by atoms with Crippen molar-refractivity contribution in [3.05, 3.63) is 60.2 Å². The van der Waals surface area contributed by atoms with E-state index in [-0.39, 0.29) is 36.0 Å². The van der Waals surface area contributed by atoms with E-state index in [0.29, 0.717) is 32.0 Å². The molecule has 1 amide bonds. The molecule has 0 heterocycles. The summed E-state index contributed by atoms with van der Waals surface area (Å²) < 4.78 is 11.1. The van der Waals surface area contributed by atoms with E-state index in [4.69, 9.17) is 9.47 Å². The number of aliphatic imine (C=N–C) groups is 1. The normalized spacial score (nSPS) is 11.6. The van der Waals surface area contributed by atoms with Crippen LogP contribution in [-0.2, 0) is 11.3 Å². The molecule has 0 saturated carbocycles. The minimum absolute atomic E-state index is 0. The number of amides is 1. The first-order chi connectivity index (χ1) is 14.6. The van der Waals surface area contributed by atoms with Crippen molar-refractivity contribution < 1.29 is 14.3 Å². The fourth-order valence-corrected chi connectivity index (χ4v) is 2.68. The van der Waals surface area contributed by atoms with Gasteiger partial charge >= 0.3 is 0 Å². The van der Waals surface area contributed by atoms with Crippen molar-refractivity contribution in [1.29, 1.82) is 0 Å². The monoisotopic (exact) mass is 540 g/mol. The Balaban J connectivity index is 0.00000480. The van der Waals surface area contributed by atoms with Gasteiger partial charge in [0.25, 0.3) is 0 Å². The van der Waals surface area contributed by atoms with Crippen LogP contribution in [0.1, 0.15) is 25.8 Å². The fraction of sp³-hybridized carbons (Fsp3) is 0.391. The van der Waals surface area contributed by atoms with E-state index < -0.39 is 0 Å². The number of nitrogens with zero attached hydrogens (tertiary/aromatic N) is 1. The first-order valence-corrected chi connectivity index (χ1v) is 10.2. The zero-order valence-corrected chi connectivity index (χ0v) is 20.7. The molecule has 0 aliphatic heterocycles. The van der Waals surface area contributed by atoms with Crippen LogP contribution in [0.3, 0.4) is 0 Å². The summed E-state index contributed by atoms with van der Waals surface area (Å²) in [7, 11) is 1.63. The number of nitrogens with one attached hydrogen (secondary N) is 3. The number of halogens is 1. The Labute approximate surface area is 202 Å². The van der Waals surface area contributed by atoms with Gasteiger partial charge < -0.3 is 25.4 Å². The van der Waals surface area contributed by atoms with Gasteiger partial charge in [0.05, 0.1) is 13.7 Å². The molecule has 2 aromatic carbocycles. The maximum atomic E-state index is 12.0. The second-order valence-corrected chi connectivity index (χ2v) is 6.77. The highest BCUT2D eigenvalue weighted by Gasteiger charge is 2.07. The van der Waals surface area contributed by atoms with Crippen molar-refractivity contribution in [3.8, 4) is 11.5 Å². The molecule has 0 aliphatic rings. The molecule has 1 unspecified atom stereocenters. The average Bonchev–Trinajstić information content (AvgIpc) is 2.77. The quantitative estimate of drug-likeness (QED) is 0.232. The van der Waals surface area contributed by atoms with Gasteiger partial charge in [0.1, 0.15) is 17.6 Å². The molecule has 0 bridgehead atoms. The van der Waals surface area contributed by atoms with Gasteiger partial charge in [0, 0.05) is 32.1 Å². The first kappa shape index (κ1) is 26.5. The second kappa shape index (κ2) is 15.3. The Kier molecular flexibility index (Phi) is 13.1. The van der Waals surface area contributed by atoms with E-state index in [9.17, 15) is 4.79 Å². The number of benzene rings is 2. The van der Waals surface area contributed by atoms with Crippen LogP contribution in [0.2, 0.25) is 0 Å². The molecule has 0 fully saturated rings. The third kappa shape index (κ3) is 10.9. The summed E-state index contributed by atoms with van der Waals surface area (Å²) in [6.07, 6.45) is 0.259. The number of rotatable bonds is 11. The predicted molar refractivity (Wildman–Crippen MR) is 135 cm³/mol. The summed E-state index contributed by atoms with van der Waals surface area (Å²) in [6.45, 7) is 6.21. The molecule has 0 aliphatic carbocycles. The Morgan fingerprint density at radius 2 is 1.77 bits per heavy atom. The molecule has 8 heteroatoms. The first-order valence-electron chi connectivity index (χ1n) is 10.2. The van der Waals surface area contributed by atoms with Crippen LogP contribution in [-0.4, -0.2) is 44.7 Å². The largest absolute Gasteiger partial charge is 0.497 e. The van der Waals surface area contributed by atoms with Gasteiger partial charge in [0.2, 0.25) is 5.91 Å². The van der Waals surface area contributed by atoms with E-state index in [1.54, 1.807) is 7.11 Å². The Hall–Kier alpha value is -2.49. The number of guanidine groups is 1. The molecule has 31 heavy (non-hydrogen) atoms. The lowest BCUT2D eigenvalue weighted by Crippen LogP contribution is -2.40. The maximum Gasteiger partial charge on any atom is 0.222 e. The molecule has 0 spiro atoms. The minimum atomic E-state index is -0.110. The SMILES string of the molecule is CCNC(=NCC(C)Oc1cccc(OC)c1)NCCC(=O)NCc1ccccc1.I. The summed E-state index contributed by atoms with van der Waals surface area (Å²) in [5, 5.41) is 9.30. The lowest BCUT2D eigenvalue weighted by Gasteiger charge is -2.15. The molecule has 3 N–H and O–H groups in total. The number of hydrogen-bond acceptors (Lipinski definition) is 4. The lowest BCUT2D eigenvalue weighted by molar-refractivity contribution is -0.121. The van der Waals surface area contributed by atoms with Crippen LogP contribution in [0.25, 0.3) is 0 Å². The van der Waals surface area contributed by atoms with E-state index >= 15 is 0 Å². The third-order valence-electron chi connectivity index (χ3n) is 4.21.